The molecule has 0 aliphatic carbocycles. The number of aliphatic hydroxyl groups is 1. The molecular formula is C25H32N2O4. The third kappa shape index (κ3) is 4.81. The highest BCUT2D eigenvalue weighted by Gasteiger charge is 2.34. The normalized spacial score (nSPS) is 25.3. The Morgan fingerprint density at radius 3 is 2.52 bits per heavy atom. The van der Waals surface area contributed by atoms with Crippen molar-refractivity contribution in [2.75, 3.05) is 39.4 Å². The second-order valence-corrected chi connectivity index (χ2v) is 8.78. The van der Waals surface area contributed by atoms with Gasteiger partial charge in [-0.2, -0.15) is 0 Å². The van der Waals surface area contributed by atoms with E-state index in [1.807, 2.05) is 18.2 Å². The van der Waals surface area contributed by atoms with Crippen LogP contribution in [0.5, 0.6) is 17.2 Å². The Morgan fingerprint density at radius 1 is 0.903 bits per heavy atom. The summed E-state index contributed by atoms with van der Waals surface area (Å²) in [7, 11) is 0. The molecule has 2 saturated heterocycles. The smallest absolute Gasteiger partial charge is 0.203 e. The molecule has 3 aliphatic heterocycles. The highest BCUT2D eigenvalue weighted by Crippen LogP contribution is 2.40. The zero-order valence-electron chi connectivity index (χ0n) is 18.0. The molecule has 0 aromatic heterocycles. The quantitative estimate of drug-likeness (QED) is 0.797. The highest BCUT2D eigenvalue weighted by atomic mass is 16.6. The Hall–Kier alpha value is -2.28. The number of piperidine rings is 2. The molecule has 3 heterocycles. The molecule has 1 N–H and O–H groups in total. The zero-order valence-corrected chi connectivity index (χ0v) is 18.0. The van der Waals surface area contributed by atoms with E-state index in [0.29, 0.717) is 37.3 Å². The molecule has 0 spiro atoms. The number of aliphatic hydroxyl groups excluding tert-OH is 1. The van der Waals surface area contributed by atoms with Gasteiger partial charge >= 0.3 is 0 Å². The van der Waals surface area contributed by atoms with Crippen molar-refractivity contribution in [3.8, 4) is 17.2 Å². The first-order valence-corrected chi connectivity index (χ1v) is 11.5. The van der Waals surface area contributed by atoms with Crippen molar-refractivity contribution in [2.45, 2.75) is 44.1 Å². The molecule has 166 valence electrons. The number of hydrogen-bond donors (Lipinski definition) is 1. The molecule has 6 heteroatoms. The van der Waals surface area contributed by atoms with Crippen LogP contribution in [-0.4, -0.2) is 72.5 Å². The van der Waals surface area contributed by atoms with Gasteiger partial charge in [0.2, 0.25) is 5.75 Å². The van der Waals surface area contributed by atoms with Crippen LogP contribution in [0, 0.1) is 0 Å². The van der Waals surface area contributed by atoms with E-state index in [0.717, 1.165) is 51.2 Å². The monoisotopic (exact) mass is 424 g/mol. The standard InChI is InChI=1S/C25H32N2O4/c28-21-18-27(20-9-12-26(13-10-20)17-19-5-2-1-3-6-19)14-11-22(21)31-24-8-4-7-23-25(24)30-16-15-29-23/h1-8,20-22,28H,9-18H2/t21-,22-/m1/s1. The number of rotatable bonds is 5. The Morgan fingerprint density at radius 2 is 1.71 bits per heavy atom. The van der Waals surface area contributed by atoms with Crippen molar-refractivity contribution < 1.29 is 19.3 Å². The highest BCUT2D eigenvalue weighted by molar-refractivity contribution is 5.51. The molecular weight excluding hydrogens is 392 g/mol. The Kier molecular flexibility index (Phi) is 6.30. The van der Waals surface area contributed by atoms with Gasteiger partial charge in [0.15, 0.2) is 11.5 Å². The van der Waals surface area contributed by atoms with Gasteiger partial charge in [-0.15, -0.1) is 0 Å². The fraction of sp³-hybridized carbons (Fsp3) is 0.520. The van der Waals surface area contributed by atoms with Gasteiger partial charge in [0.25, 0.3) is 0 Å². The summed E-state index contributed by atoms with van der Waals surface area (Å²) in [6, 6.07) is 16.9. The second kappa shape index (κ2) is 9.47. The molecule has 5 rings (SSSR count). The first kappa shape index (κ1) is 20.6. The minimum Gasteiger partial charge on any atom is -0.486 e. The number of fused-ring (bicyclic) bond motifs is 1. The predicted molar refractivity (Wildman–Crippen MR) is 119 cm³/mol. The summed E-state index contributed by atoms with van der Waals surface area (Å²) < 4.78 is 17.6. The topological polar surface area (TPSA) is 54.4 Å². The summed E-state index contributed by atoms with van der Waals surface area (Å²) in [5.41, 5.74) is 1.38. The van der Waals surface area contributed by atoms with Crippen molar-refractivity contribution >= 4 is 0 Å². The fourth-order valence-electron chi connectivity index (χ4n) is 4.99. The van der Waals surface area contributed by atoms with Crippen molar-refractivity contribution in [3.63, 3.8) is 0 Å². The van der Waals surface area contributed by atoms with Crippen LogP contribution in [-0.2, 0) is 6.54 Å². The molecule has 0 saturated carbocycles. The lowest BCUT2D eigenvalue weighted by atomic mass is 9.97. The van der Waals surface area contributed by atoms with Gasteiger partial charge in [0, 0.05) is 25.7 Å². The van der Waals surface area contributed by atoms with E-state index in [2.05, 4.69) is 40.1 Å². The first-order chi connectivity index (χ1) is 15.3. The Bertz CT molecular complexity index is 854. The minimum atomic E-state index is -0.503. The van der Waals surface area contributed by atoms with Crippen LogP contribution in [0.2, 0.25) is 0 Å². The molecule has 6 nitrogen and oxygen atoms in total. The number of hydrogen-bond acceptors (Lipinski definition) is 6. The molecule has 0 unspecified atom stereocenters. The van der Waals surface area contributed by atoms with E-state index in [-0.39, 0.29) is 6.10 Å². The summed E-state index contributed by atoms with van der Waals surface area (Å²) >= 11 is 0. The van der Waals surface area contributed by atoms with E-state index < -0.39 is 6.10 Å². The van der Waals surface area contributed by atoms with Crippen LogP contribution in [0.1, 0.15) is 24.8 Å². The van der Waals surface area contributed by atoms with Crippen molar-refractivity contribution in [3.05, 3.63) is 54.1 Å². The van der Waals surface area contributed by atoms with Crippen LogP contribution in [0.3, 0.4) is 0 Å². The lowest BCUT2D eigenvalue weighted by Gasteiger charge is -2.43. The number of β-amino-alcohol motifs (C(OH)–C–C–N with tert-alkyl or cyclic N) is 1. The van der Waals surface area contributed by atoms with E-state index in [4.69, 9.17) is 14.2 Å². The molecule has 0 amide bonds. The third-order valence-corrected chi connectivity index (χ3v) is 6.68. The van der Waals surface area contributed by atoms with Crippen molar-refractivity contribution in [2.24, 2.45) is 0 Å². The largest absolute Gasteiger partial charge is 0.486 e. The SMILES string of the molecule is O[C@@H]1CN(C2CCN(Cc3ccccc3)CC2)CC[C@H]1Oc1cccc2c1OCCO2. The number of likely N-dealkylation sites (tertiary alicyclic amines) is 2. The van der Waals surface area contributed by atoms with Gasteiger partial charge in [0.1, 0.15) is 25.4 Å². The van der Waals surface area contributed by atoms with Gasteiger partial charge in [-0.25, -0.2) is 0 Å². The zero-order chi connectivity index (χ0) is 21.0. The lowest BCUT2D eigenvalue weighted by Crippen LogP contribution is -2.54. The summed E-state index contributed by atoms with van der Waals surface area (Å²) in [6.45, 7) is 5.95. The number of benzene rings is 2. The maximum Gasteiger partial charge on any atom is 0.203 e. The summed E-state index contributed by atoms with van der Waals surface area (Å²) in [4.78, 5) is 5.00. The average Bonchev–Trinajstić information content (AvgIpc) is 2.82. The summed E-state index contributed by atoms with van der Waals surface area (Å²) in [6.07, 6.45) is 2.41. The van der Waals surface area contributed by atoms with E-state index >= 15 is 0 Å². The van der Waals surface area contributed by atoms with Gasteiger partial charge in [-0.3, -0.25) is 9.80 Å². The Balaban J connectivity index is 1.12. The van der Waals surface area contributed by atoms with E-state index in [1.165, 1.54) is 5.56 Å². The molecule has 0 radical (unpaired) electrons. The molecule has 0 bridgehead atoms. The average molecular weight is 425 g/mol. The maximum absolute atomic E-state index is 10.8. The van der Waals surface area contributed by atoms with Gasteiger partial charge in [-0.1, -0.05) is 36.4 Å². The molecule has 2 atom stereocenters. The second-order valence-electron chi connectivity index (χ2n) is 8.78. The van der Waals surface area contributed by atoms with Crippen molar-refractivity contribution in [1.82, 2.24) is 9.80 Å². The van der Waals surface area contributed by atoms with Crippen LogP contribution in [0.4, 0.5) is 0 Å². The first-order valence-electron chi connectivity index (χ1n) is 11.5. The van der Waals surface area contributed by atoms with Crippen molar-refractivity contribution in [1.29, 1.82) is 0 Å². The molecule has 2 aromatic rings. The Labute approximate surface area is 184 Å². The number of nitrogens with zero attached hydrogens (tertiary/aromatic N) is 2. The van der Waals surface area contributed by atoms with Gasteiger partial charge < -0.3 is 19.3 Å². The van der Waals surface area contributed by atoms with E-state index in [9.17, 15) is 5.11 Å². The molecule has 3 aliphatic rings. The van der Waals surface area contributed by atoms with Crippen LogP contribution in [0.15, 0.2) is 48.5 Å². The molecule has 2 fully saturated rings. The lowest BCUT2D eigenvalue weighted by molar-refractivity contribution is -0.0461. The third-order valence-electron chi connectivity index (χ3n) is 6.68. The summed E-state index contributed by atoms with van der Waals surface area (Å²) in [5, 5.41) is 10.8. The van der Waals surface area contributed by atoms with Gasteiger partial charge in [-0.05, 0) is 50.0 Å². The van der Waals surface area contributed by atoms with Crippen LogP contribution in [0.25, 0.3) is 0 Å². The van der Waals surface area contributed by atoms with Crippen LogP contribution < -0.4 is 14.2 Å². The fourth-order valence-corrected chi connectivity index (χ4v) is 4.99. The van der Waals surface area contributed by atoms with Crippen LogP contribution >= 0.6 is 0 Å². The number of ether oxygens (including phenoxy) is 3. The minimum absolute atomic E-state index is 0.216. The molecule has 2 aromatic carbocycles. The van der Waals surface area contributed by atoms with Gasteiger partial charge in [0.05, 0.1) is 0 Å². The molecule has 31 heavy (non-hydrogen) atoms. The predicted octanol–water partition coefficient (Wildman–Crippen LogP) is 2.94. The maximum atomic E-state index is 10.8. The summed E-state index contributed by atoms with van der Waals surface area (Å²) in [5.74, 6) is 2.05. The van der Waals surface area contributed by atoms with E-state index in [1.54, 1.807) is 0 Å². The number of para-hydroxylation sites is 1.